The van der Waals surface area contributed by atoms with E-state index in [2.05, 4.69) is 58.7 Å². The number of hydrogen-bond donors (Lipinski definition) is 2. The summed E-state index contributed by atoms with van der Waals surface area (Å²) in [5.74, 6) is -0.821. The van der Waals surface area contributed by atoms with Crippen LogP contribution in [0, 0.1) is 0 Å². The van der Waals surface area contributed by atoms with Crippen molar-refractivity contribution in [1.82, 2.24) is 15.1 Å². The number of carbonyl (C=O) groups excluding carboxylic acids is 3. The third-order valence-corrected chi connectivity index (χ3v) is 11.1. The number of amides is 3. The molecule has 2 heterocycles. The Kier molecular flexibility index (Phi) is 13.4. The van der Waals surface area contributed by atoms with Gasteiger partial charge in [0.25, 0.3) is 5.91 Å². The number of likely N-dealkylation sites (tertiary alicyclic amines) is 1. The monoisotopic (exact) mass is 815 g/mol. The summed E-state index contributed by atoms with van der Waals surface area (Å²) >= 11 is 0. The number of nitrogens with zero attached hydrogens (tertiary/aromatic N) is 2. The number of benzene rings is 6. The average Bonchev–Trinajstić information content (AvgIpc) is 3.56. The van der Waals surface area contributed by atoms with Gasteiger partial charge < -0.3 is 24.6 Å². The predicted octanol–water partition coefficient (Wildman–Crippen LogP) is 8.65. The van der Waals surface area contributed by atoms with Crippen LogP contribution in [0.2, 0.25) is 0 Å². The normalized spacial score (nSPS) is 19.0. The van der Waals surface area contributed by atoms with Crippen LogP contribution in [0.1, 0.15) is 64.2 Å². The maximum absolute atomic E-state index is 13.3. The molecule has 6 aromatic carbocycles. The van der Waals surface area contributed by atoms with E-state index in [1.807, 2.05) is 115 Å². The first-order valence-electron chi connectivity index (χ1n) is 20.7. The van der Waals surface area contributed by atoms with Crippen molar-refractivity contribution in [3.63, 3.8) is 0 Å². The number of nitrogens with one attached hydrogen (secondary N) is 1. The average molecular weight is 816 g/mol. The maximum Gasteiger partial charge on any atom is 0.408 e. The van der Waals surface area contributed by atoms with Crippen molar-refractivity contribution in [3.05, 3.63) is 203 Å². The molecule has 0 bridgehead atoms. The van der Waals surface area contributed by atoms with Gasteiger partial charge in [-0.2, -0.15) is 0 Å². The summed E-state index contributed by atoms with van der Waals surface area (Å²) in [4.78, 5) is 42.3. The number of rotatable bonds is 15. The summed E-state index contributed by atoms with van der Waals surface area (Å²) in [7, 11) is 0. The van der Waals surface area contributed by atoms with Gasteiger partial charge in [0.05, 0.1) is 31.8 Å². The van der Waals surface area contributed by atoms with Crippen LogP contribution in [0.3, 0.4) is 0 Å². The highest BCUT2D eigenvalue weighted by atomic mass is 16.7. The van der Waals surface area contributed by atoms with E-state index < -0.39 is 24.3 Å². The molecule has 0 saturated carbocycles. The number of imide groups is 1. The number of ether oxygens (including phenoxy) is 3. The third kappa shape index (κ3) is 10.9. The highest BCUT2D eigenvalue weighted by Gasteiger charge is 2.40. The minimum Gasteiger partial charge on any atom is -0.445 e. The number of aliphatic hydroxyl groups excluding tert-OH is 1. The summed E-state index contributed by atoms with van der Waals surface area (Å²) in [5.41, 5.74) is 8.69. The van der Waals surface area contributed by atoms with Crippen molar-refractivity contribution in [1.29, 1.82) is 0 Å². The summed E-state index contributed by atoms with van der Waals surface area (Å²) in [6.07, 6.45) is -1.20. The molecule has 10 nitrogen and oxygen atoms in total. The molecular weight excluding hydrogens is 767 g/mol. The molecule has 4 atom stereocenters. The van der Waals surface area contributed by atoms with Crippen molar-refractivity contribution >= 4 is 17.9 Å². The largest absolute Gasteiger partial charge is 0.445 e. The summed E-state index contributed by atoms with van der Waals surface area (Å²) < 4.78 is 18.8. The first-order valence-corrected chi connectivity index (χ1v) is 20.7. The molecule has 61 heavy (non-hydrogen) atoms. The van der Waals surface area contributed by atoms with Gasteiger partial charge in [0.2, 0.25) is 5.91 Å². The van der Waals surface area contributed by atoms with Gasteiger partial charge >= 0.3 is 6.09 Å². The van der Waals surface area contributed by atoms with E-state index in [1.165, 1.54) is 16.0 Å². The van der Waals surface area contributed by atoms with Crippen molar-refractivity contribution in [2.24, 2.45) is 0 Å². The number of alkyl carbamates (subject to hydrolysis) is 1. The minimum absolute atomic E-state index is 0.0241. The van der Waals surface area contributed by atoms with E-state index >= 15 is 0 Å². The molecule has 2 saturated heterocycles. The number of aliphatic hydroxyl groups is 1. The van der Waals surface area contributed by atoms with E-state index in [4.69, 9.17) is 14.2 Å². The van der Waals surface area contributed by atoms with Gasteiger partial charge in [0, 0.05) is 31.6 Å². The fraction of sp³-hybridized carbons (Fsp3) is 0.235. The molecule has 4 unspecified atom stereocenters. The second-order valence-electron chi connectivity index (χ2n) is 15.6. The van der Waals surface area contributed by atoms with Crippen LogP contribution in [-0.2, 0) is 56.6 Å². The van der Waals surface area contributed by atoms with Crippen LogP contribution in [-0.4, -0.2) is 51.5 Å². The molecule has 310 valence electrons. The molecule has 3 amide bonds. The Balaban J connectivity index is 0.952. The Bertz CT molecular complexity index is 2340. The highest BCUT2D eigenvalue weighted by Crippen LogP contribution is 2.39. The SMILES string of the molecule is O=C(NC1CC(=O)N(Cc2cccc(-c3ccc(C4OC(CN(Cc5ccccc5)Cc5ccccc5)CC(c5ccc(CO)cc5)O4)cc3)c2)C1=O)OCc1ccccc1. The van der Waals surface area contributed by atoms with Crippen LogP contribution in [0.25, 0.3) is 11.1 Å². The van der Waals surface area contributed by atoms with Gasteiger partial charge in [-0.05, 0) is 50.6 Å². The lowest BCUT2D eigenvalue weighted by molar-refractivity contribution is -0.253. The second-order valence-corrected chi connectivity index (χ2v) is 15.6. The third-order valence-electron chi connectivity index (χ3n) is 11.1. The fourth-order valence-corrected chi connectivity index (χ4v) is 7.92. The zero-order chi connectivity index (χ0) is 42.0. The van der Waals surface area contributed by atoms with Crippen LogP contribution in [0.5, 0.6) is 0 Å². The molecule has 6 aromatic rings. The first-order chi connectivity index (χ1) is 29.9. The summed E-state index contributed by atoms with van der Waals surface area (Å²) in [5, 5.41) is 12.3. The van der Waals surface area contributed by atoms with E-state index in [0.29, 0.717) is 13.0 Å². The molecular formula is C51H49N3O7. The van der Waals surface area contributed by atoms with Crippen molar-refractivity contribution in [2.75, 3.05) is 6.54 Å². The van der Waals surface area contributed by atoms with Crippen LogP contribution < -0.4 is 5.32 Å². The van der Waals surface area contributed by atoms with E-state index in [-0.39, 0.29) is 44.3 Å². The van der Waals surface area contributed by atoms with Gasteiger partial charge in [0.1, 0.15) is 12.6 Å². The molecule has 0 aliphatic carbocycles. The van der Waals surface area contributed by atoms with Crippen LogP contribution in [0.4, 0.5) is 4.79 Å². The lowest BCUT2D eigenvalue weighted by Gasteiger charge is -2.38. The lowest BCUT2D eigenvalue weighted by Crippen LogP contribution is -2.41. The van der Waals surface area contributed by atoms with E-state index in [1.54, 1.807) is 0 Å². The Morgan fingerprint density at radius 2 is 1.28 bits per heavy atom. The molecule has 2 N–H and O–H groups in total. The van der Waals surface area contributed by atoms with Crippen molar-refractivity contribution in [3.8, 4) is 11.1 Å². The van der Waals surface area contributed by atoms with Gasteiger partial charge in [0.15, 0.2) is 6.29 Å². The topological polar surface area (TPSA) is 118 Å². The predicted molar refractivity (Wildman–Crippen MR) is 231 cm³/mol. The van der Waals surface area contributed by atoms with Gasteiger partial charge in [-0.15, -0.1) is 0 Å². The molecule has 0 spiro atoms. The maximum atomic E-state index is 13.3. The first kappa shape index (κ1) is 41.3. The van der Waals surface area contributed by atoms with E-state index in [9.17, 15) is 19.5 Å². The molecule has 2 aliphatic rings. The van der Waals surface area contributed by atoms with Crippen molar-refractivity contribution < 1.29 is 33.7 Å². The standard InChI is InChI=1S/C51H49N3O7/c55-34-38-19-21-42(22-20-38)47-28-45(33-53(30-36-11-4-1-5-12-36)31-37-13-6-2-7-14-37)60-50(61-47)43-25-23-41(24-26-43)44-18-10-17-40(27-44)32-54-48(56)29-46(49(54)57)52-51(58)59-35-39-15-8-3-9-16-39/h1-27,45-47,50,55H,28-35H2,(H,52,58). The fourth-order valence-electron chi connectivity index (χ4n) is 7.92. The Morgan fingerprint density at radius 1 is 0.672 bits per heavy atom. The van der Waals surface area contributed by atoms with Crippen LogP contribution >= 0.6 is 0 Å². The zero-order valence-electron chi connectivity index (χ0n) is 33.8. The summed E-state index contributed by atoms with van der Waals surface area (Å²) in [6.45, 7) is 2.35. The van der Waals surface area contributed by atoms with E-state index in [0.717, 1.165) is 52.0 Å². The van der Waals surface area contributed by atoms with Crippen LogP contribution in [0.15, 0.2) is 164 Å². The van der Waals surface area contributed by atoms with Gasteiger partial charge in [-0.25, -0.2) is 4.79 Å². The molecule has 2 fully saturated rings. The Labute approximate surface area is 356 Å². The van der Waals surface area contributed by atoms with Crippen molar-refractivity contribution in [2.45, 2.75) is 70.2 Å². The summed E-state index contributed by atoms with van der Waals surface area (Å²) in [6, 6.07) is 53.0. The minimum atomic E-state index is -0.981. The lowest BCUT2D eigenvalue weighted by atomic mass is 9.98. The van der Waals surface area contributed by atoms with Gasteiger partial charge in [-0.1, -0.05) is 158 Å². The Hall–Kier alpha value is -6.43. The smallest absolute Gasteiger partial charge is 0.408 e. The zero-order valence-corrected chi connectivity index (χ0v) is 33.8. The second kappa shape index (κ2) is 19.8. The molecule has 0 aromatic heterocycles. The molecule has 0 radical (unpaired) electrons. The number of hydrogen-bond acceptors (Lipinski definition) is 8. The number of carbonyl (C=O) groups is 3. The molecule has 10 heteroatoms. The highest BCUT2D eigenvalue weighted by molar-refractivity contribution is 6.06. The molecule has 2 aliphatic heterocycles. The quantitative estimate of drug-likeness (QED) is 0.0990. The molecule has 8 rings (SSSR count). The Morgan fingerprint density at radius 3 is 1.92 bits per heavy atom. The van der Waals surface area contributed by atoms with Gasteiger partial charge in [-0.3, -0.25) is 19.4 Å².